The largest absolute Gasteiger partial charge is 0.495 e. The molecule has 0 spiro atoms. The Morgan fingerprint density at radius 1 is 1.07 bits per heavy atom. The first-order valence-corrected chi connectivity index (χ1v) is 10.7. The van der Waals surface area contributed by atoms with Gasteiger partial charge in [-0.2, -0.15) is 0 Å². The topological polar surface area (TPSA) is 84.9 Å². The minimum absolute atomic E-state index is 0.115. The zero-order valence-electron chi connectivity index (χ0n) is 17.9. The lowest BCUT2D eigenvalue weighted by Crippen LogP contribution is -2.40. The van der Waals surface area contributed by atoms with Crippen LogP contribution in [-0.2, 0) is 16.6 Å². The van der Waals surface area contributed by atoms with Gasteiger partial charge in [0.15, 0.2) is 11.6 Å². The summed E-state index contributed by atoms with van der Waals surface area (Å²) in [5.41, 5.74) is 0.0282. The number of hydrogen-bond donors (Lipinski definition) is 1. The highest BCUT2D eigenvalue weighted by Gasteiger charge is 2.27. The second-order valence-electron chi connectivity index (χ2n) is 7.85. The smallest absolute Gasteiger partial charge is 0.253 e. The summed E-state index contributed by atoms with van der Waals surface area (Å²) in [5.74, 6) is -0.699. The summed E-state index contributed by atoms with van der Waals surface area (Å²) in [6.07, 6.45) is 0. The maximum absolute atomic E-state index is 13.9. The molecule has 0 aliphatic heterocycles. The molecule has 0 atom stereocenters. The second kappa shape index (κ2) is 9.01. The van der Waals surface area contributed by atoms with Gasteiger partial charge in [0.25, 0.3) is 5.91 Å². The molecule has 7 nitrogen and oxygen atoms in total. The Morgan fingerprint density at radius 2 is 1.67 bits per heavy atom. The molecule has 0 aliphatic carbocycles. The van der Waals surface area contributed by atoms with E-state index in [4.69, 9.17) is 9.47 Å². The maximum Gasteiger partial charge on any atom is 0.253 e. The van der Waals surface area contributed by atoms with E-state index in [0.717, 1.165) is 0 Å². The van der Waals surface area contributed by atoms with E-state index in [2.05, 4.69) is 4.72 Å². The lowest BCUT2D eigenvalue weighted by molar-refractivity contribution is 0.0784. The van der Waals surface area contributed by atoms with E-state index in [1.165, 1.54) is 49.5 Å². The van der Waals surface area contributed by atoms with Crippen molar-refractivity contribution in [2.45, 2.75) is 37.8 Å². The van der Waals surface area contributed by atoms with Gasteiger partial charge < -0.3 is 14.4 Å². The average molecular weight is 439 g/mol. The SMILES string of the molecule is COc1ccc(CN(C)C(=O)c2ccc(OC)c(S(=O)(=O)NC(C)(C)C)c2)cc1F. The van der Waals surface area contributed by atoms with Crippen LogP contribution in [0.1, 0.15) is 36.7 Å². The third kappa shape index (κ3) is 5.70. The van der Waals surface area contributed by atoms with Crippen molar-refractivity contribution < 1.29 is 27.1 Å². The minimum Gasteiger partial charge on any atom is -0.495 e. The highest BCUT2D eigenvalue weighted by Crippen LogP contribution is 2.27. The summed E-state index contributed by atoms with van der Waals surface area (Å²) in [4.78, 5) is 14.1. The van der Waals surface area contributed by atoms with Crippen molar-refractivity contribution in [1.29, 1.82) is 0 Å². The van der Waals surface area contributed by atoms with Crippen LogP contribution in [0, 0.1) is 5.82 Å². The van der Waals surface area contributed by atoms with Gasteiger partial charge in [-0.15, -0.1) is 0 Å². The molecule has 0 unspecified atom stereocenters. The number of hydrogen-bond acceptors (Lipinski definition) is 5. The molecule has 9 heteroatoms. The highest BCUT2D eigenvalue weighted by molar-refractivity contribution is 7.89. The Kier molecular flexibility index (Phi) is 7.10. The third-order valence-electron chi connectivity index (χ3n) is 4.12. The van der Waals surface area contributed by atoms with Crippen LogP contribution in [0.2, 0.25) is 0 Å². The number of nitrogens with one attached hydrogen (secondary N) is 1. The first kappa shape index (κ1) is 23.6. The molecule has 0 heterocycles. The van der Waals surface area contributed by atoms with Gasteiger partial charge in [0, 0.05) is 24.7 Å². The summed E-state index contributed by atoms with van der Waals surface area (Å²) >= 11 is 0. The molecule has 2 rings (SSSR count). The number of nitrogens with zero attached hydrogens (tertiary/aromatic N) is 1. The number of rotatable bonds is 7. The Balaban J connectivity index is 2.32. The van der Waals surface area contributed by atoms with Crippen LogP contribution >= 0.6 is 0 Å². The van der Waals surface area contributed by atoms with Crippen LogP contribution in [0.4, 0.5) is 4.39 Å². The molecule has 1 N–H and O–H groups in total. The highest BCUT2D eigenvalue weighted by atomic mass is 32.2. The van der Waals surface area contributed by atoms with Gasteiger partial charge in [-0.1, -0.05) is 6.07 Å². The predicted molar refractivity (Wildman–Crippen MR) is 112 cm³/mol. The maximum atomic E-state index is 13.9. The summed E-state index contributed by atoms with van der Waals surface area (Å²) in [7, 11) is 0.359. The number of halogens is 1. The van der Waals surface area contributed by atoms with E-state index < -0.39 is 27.3 Å². The molecule has 2 aromatic carbocycles. The summed E-state index contributed by atoms with van der Waals surface area (Å²) in [6.45, 7) is 5.28. The van der Waals surface area contributed by atoms with Crippen LogP contribution in [-0.4, -0.2) is 46.0 Å². The van der Waals surface area contributed by atoms with Crippen molar-refractivity contribution in [3.05, 3.63) is 53.3 Å². The Morgan fingerprint density at radius 3 is 2.20 bits per heavy atom. The van der Waals surface area contributed by atoms with Gasteiger partial charge >= 0.3 is 0 Å². The second-order valence-corrected chi connectivity index (χ2v) is 9.50. The number of amides is 1. The molecule has 0 bridgehead atoms. The van der Waals surface area contributed by atoms with Gasteiger partial charge in [-0.25, -0.2) is 17.5 Å². The lowest BCUT2D eigenvalue weighted by atomic mass is 10.1. The zero-order chi connectivity index (χ0) is 22.7. The molecular formula is C21H27FN2O5S. The molecule has 2 aromatic rings. The summed E-state index contributed by atoms with van der Waals surface area (Å²) in [5, 5.41) is 0. The van der Waals surface area contributed by atoms with Crippen LogP contribution < -0.4 is 14.2 Å². The number of benzene rings is 2. The van der Waals surface area contributed by atoms with Gasteiger partial charge in [0.1, 0.15) is 10.6 Å². The molecule has 0 aliphatic rings. The van der Waals surface area contributed by atoms with Crippen LogP contribution in [0.5, 0.6) is 11.5 Å². The first-order chi connectivity index (χ1) is 13.9. The van der Waals surface area contributed by atoms with Gasteiger partial charge in [0.05, 0.1) is 14.2 Å². The summed E-state index contributed by atoms with van der Waals surface area (Å²) in [6, 6.07) is 8.63. The van der Waals surface area contributed by atoms with Gasteiger partial charge in [0.2, 0.25) is 10.0 Å². The van der Waals surface area contributed by atoms with E-state index in [1.807, 2.05) is 0 Å². The quantitative estimate of drug-likeness (QED) is 0.718. The third-order valence-corrected chi connectivity index (χ3v) is 5.90. The molecule has 0 fully saturated rings. The van der Waals surface area contributed by atoms with E-state index in [-0.39, 0.29) is 28.5 Å². The Hall–Kier alpha value is -2.65. The Labute approximate surface area is 176 Å². The normalized spacial score (nSPS) is 11.8. The van der Waals surface area contributed by atoms with E-state index in [1.54, 1.807) is 33.9 Å². The average Bonchev–Trinajstić information content (AvgIpc) is 2.65. The zero-order valence-corrected chi connectivity index (χ0v) is 18.8. The van der Waals surface area contributed by atoms with Gasteiger partial charge in [-0.05, 0) is 56.7 Å². The van der Waals surface area contributed by atoms with E-state index in [9.17, 15) is 17.6 Å². The molecular weight excluding hydrogens is 411 g/mol. The molecule has 1 amide bonds. The van der Waals surface area contributed by atoms with Crippen LogP contribution in [0.15, 0.2) is 41.3 Å². The van der Waals surface area contributed by atoms with Crippen molar-refractivity contribution in [3.63, 3.8) is 0 Å². The molecule has 30 heavy (non-hydrogen) atoms. The van der Waals surface area contributed by atoms with Crippen molar-refractivity contribution in [2.75, 3.05) is 21.3 Å². The summed E-state index contributed by atoms with van der Waals surface area (Å²) < 4.78 is 52.1. The molecule has 0 saturated carbocycles. The monoisotopic (exact) mass is 438 g/mol. The van der Waals surface area contributed by atoms with Crippen LogP contribution in [0.3, 0.4) is 0 Å². The fourth-order valence-corrected chi connectivity index (χ4v) is 4.47. The molecule has 164 valence electrons. The van der Waals surface area contributed by atoms with Crippen molar-refractivity contribution in [3.8, 4) is 11.5 Å². The van der Waals surface area contributed by atoms with Crippen molar-refractivity contribution in [2.24, 2.45) is 0 Å². The number of ether oxygens (including phenoxy) is 2. The van der Waals surface area contributed by atoms with Crippen molar-refractivity contribution >= 4 is 15.9 Å². The fourth-order valence-electron chi connectivity index (χ4n) is 2.85. The first-order valence-electron chi connectivity index (χ1n) is 9.18. The van der Waals surface area contributed by atoms with E-state index in [0.29, 0.717) is 5.56 Å². The fraction of sp³-hybridized carbons (Fsp3) is 0.381. The lowest BCUT2D eigenvalue weighted by Gasteiger charge is -2.22. The van der Waals surface area contributed by atoms with Crippen molar-refractivity contribution in [1.82, 2.24) is 9.62 Å². The number of carbonyl (C=O) groups excluding carboxylic acids is 1. The number of carbonyl (C=O) groups is 1. The van der Waals surface area contributed by atoms with Crippen LogP contribution in [0.25, 0.3) is 0 Å². The van der Waals surface area contributed by atoms with E-state index >= 15 is 0 Å². The number of methoxy groups -OCH3 is 2. The predicted octanol–water partition coefficient (Wildman–Crippen LogP) is 3.19. The standard InChI is InChI=1S/C21H27FN2O5S/c1-21(2,3)23-30(26,27)19-12-15(8-10-18(19)29-6)20(25)24(4)13-14-7-9-17(28-5)16(22)11-14/h7-12,23H,13H2,1-6H3. The molecule has 0 radical (unpaired) electrons. The van der Waals surface area contributed by atoms with Gasteiger partial charge in [-0.3, -0.25) is 4.79 Å². The Bertz CT molecular complexity index is 1030. The molecule has 0 aromatic heterocycles. The molecule has 0 saturated heterocycles. The number of sulfonamides is 1. The minimum atomic E-state index is -3.92.